The maximum absolute atomic E-state index is 12.7. The highest BCUT2D eigenvalue weighted by atomic mass is 16.5. The average Bonchev–Trinajstić information content (AvgIpc) is 3.47. The molecule has 4 aromatic rings. The highest BCUT2D eigenvalue weighted by molar-refractivity contribution is 6.07. The van der Waals surface area contributed by atoms with Crippen LogP contribution in [0.5, 0.6) is 11.5 Å². The third-order valence-electron chi connectivity index (χ3n) is 4.75. The molecule has 2 aromatic heterocycles. The van der Waals surface area contributed by atoms with Crippen LogP contribution in [-0.4, -0.2) is 29.6 Å². The molecule has 0 aliphatic carbocycles. The number of carbonyl (C=O) groups excluding carboxylic acids is 1. The van der Waals surface area contributed by atoms with Crippen molar-refractivity contribution in [2.45, 2.75) is 0 Å². The molecule has 0 radical (unpaired) electrons. The van der Waals surface area contributed by atoms with Crippen LogP contribution in [0, 0.1) is 0 Å². The number of carbonyl (C=O) groups is 1. The number of imidazole rings is 1. The van der Waals surface area contributed by atoms with Gasteiger partial charge in [0, 0.05) is 11.8 Å². The molecule has 1 N–H and O–H groups in total. The Balaban J connectivity index is 1.58. The summed E-state index contributed by atoms with van der Waals surface area (Å²) in [5.41, 5.74) is 2.07. The normalized spacial score (nSPS) is 11.0. The van der Waals surface area contributed by atoms with Gasteiger partial charge in [0.05, 0.1) is 26.2 Å². The number of H-pyrrole nitrogens is 1. The van der Waals surface area contributed by atoms with Crippen molar-refractivity contribution < 1.29 is 18.7 Å². The molecule has 2 heterocycles. The number of hydrogen-bond acceptors (Lipinski definition) is 5. The van der Waals surface area contributed by atoms with Gasteiger partial charge in [0.15, 0.2) is 23.0 Å². The molecule has 2 aromatic carbocycles. The molecule has 0 unspecified atom stereocenters. The minimum absolute atomic E-state index is 0.188. The van der Waals surface area contributed by atoms with Crippen LogP contribution in [0.1, 0.15) is 15.9 Å². The Hall–Kier alpha value is -4.26. The summed E-state index contributed by atoms with van der Waals surface area (Å²) in [7, 11) is 3.12. The minimum atomic E-state index is -0.322. The van der Waals surface area contributed by atoms with E-state index >= 15 is 0 Å². The Labute approximate surface area is 178 Å². The number of methoxy groups -OCH3 is 2. The van der Waals surface area contributed by atoms with Crippen LogP contribution in [0.2, 0.25) is 0 Å². The number of allylic oxidation sites excluding steroid dienone is 1. The van der Waals surface area contributed by atoms with Gasteiger partial charge in [0.25, 0.3) is 0 Å². The molecule has 7 heteroatoms. The lowest BCUT2D eigenvalue weighted by molar-refractivity contribution is 0.104. The van der Waals surface area contributed by atoms with E-state index in [2.05, 4.69) is 4.98 Å². The number of benzene rings is 2. The number of aromatic amines is 1. The smallest absolute Gasteiger partial charge is 0.330 e. The fourth-order valence-electron chi connectivity index (χ4n) is 3.18. The molecule has 0 fully saturated rings. The number of hydrogen-bond donors (Lipinski definition) is 1. The summed E-state index contributed by atoms with van der Waals surface area (Å²) in [6.07, 6.45) is 6.36. The molecule has 0 aliphatic heterocycles. The molecule has 0 amide bonds. The predicted octanol–water partition coefficient (Wildman–Crippen LogP) is 4.34. The number of furan rings is 1. The first-order chi connectivity index (χ1) is 15.1. The maximum Gasteiger partial charge on any atom is 0.330 e. The predicted molar refractivity (Wildman–Crippen MR) is 117 cm³/mol. The Morgan fingerprint density at radius 3 is 2.61 bits per heavy atom. The summed E-state index contributed by atoms with van der Waals surface area (Å²) in [5.74, 6) is 1.57. The van der Waals surface area contributed by atoms with E-state index in [1.165, 1.54) is 16.9 Å². The number of rotatable bonds is 7. The van der Waals surface area contributed by atoms with Crippen LogP contribution in [0.3, 0.4) is 0 Å². The summed E-state index contributed by atoms with van der Waals surface area (Å²) in [6.45, 7) is 0. The van der Waals surface area contributed by atoms with Gasteiger partial charge in [-0.05, 0) is 48.0 Å². The van der Waals surface area contributed by atoms with Crippen molar-refractivity contribution in [2.24, 2.45) is 0 Å². The molecule has 0 spiro atoms. The van der Waals surface area contributed by atoms with Gasteiger partial charge in [0.1, 0.15) is 5.69 Å². The van der Waals surface area contributed by atoms with Crippen molar-refractivity contribution >= 4 is 11.9 Å². The first-order valence-electron chi connectivity index (χ1n) is 9.49. The first-order valence-corrected chi connectivity index (χ1v) is 9.49. The van der Waals surface area contributed by atoms with Crippen LogP contribution in [0.25, 0.3) is 23.2 Å². The fraction of sp³-hybridized carbons (Fsp3) is 0.0833. The maximum atomic E-state index is 12.7. The SMILES string of the molecule is COc1ccc(C=CC(=O)c2cccc(-n3cc(-c4ccco4)[nH]c3=O)c2)cc1OC. The highest BCUT2D eigenvalue weighted by Gasteiger charge is 2.11. The van der Waals surface area contributed by atoms with Crippen LogP contribution >= 0.6 is 0 Å². The van der Waals surface area contributed by atoms with Crippen LogP contribution < -0.4 is 15.2 Å². The Morgan fingerprint density at radius 2 is 1.87 bits per heavy atom. The summed E-state index contributed by atoms with van der Waals surface area (Å²) in [6, 6.07) is 15.8. The number of aromatic nitrogens is 2. The van der Waals surface area contributed by atoms with E-state index in [1.807, 2.05) is 6.07 Å². The van der Waals surface area contributed by atoms with E-state index in [1.54, 1.807) is 75.0 Å². The Bertz CT molecular complexity index is 1300. The van der Waals surface area contributed by atoms with Gasteiger partial charge in [-0.25, -0.2) is 4.79 Å². The van der Waals surface area contributed by atoms with Crippen molar-refractivity contribution in [1.29, 1.82) is 0 Å². The Kier molecular flexibility index (Phi) is 5.57. The fourth-order valence-corrected chi connectivity index (χ4v) is 3.18. The minimum Gasteiger partial charge on any atom is -0.493 e. The van der Waals surface area contributed by atoms with Crippen molar-refractivity contribution in [3.05, 3.63) is 94.7 Å². The zero-order valence-corrected chi connectivity index (χ0v) is 17.0. The van der Waals surface area contributed by atoms with E-state index in [0.717, 1.165) is 5.56 Å². The summed E-state index contributed by atoms with van der Waals surface area (Å²) >= 11 is 0. The lowest BCUT2D eigenvalue weighted by atomic mass is 10.1. The van der Waals surface area contributed by atoms with Gasteiger partial charge in [-0.15, -0.1) is 0 Å². The molecule has 4 rings (SSSR count). The molecule has 0 saturated heterocycles. The molecule has 0 aliphatic rings. The van der Waals surface area contributed by atoms with Crippen LogP contribution in [-0.2, 0) is 0 Å². The van der Waals surface area contributed by atoms with Gasteiger partial charge in [-0.2, -0.15) is 0 Å². The second kappa shape index (κ2) is 8.62. The number of nitrogens with zero attached hydrogens (tertiary/aromatic N) is 1. The topological polar surface area (TPSA) is 86.5 Å². The standard InChI is InChI=1S/C24H20N2O5/c1-29-22-11-9-16(13-23(22)30-2)8-10-20(27)17-5-3-6-18(14-17)26-15-19(25-24(26)28)21-7-4-12-31-21/h3-15H,1-2H3,(H,25,28). The van der Waals surface area contributed by atoms with Gasteiger partial charge in [0.2, 0.25) is 0 Å². The van der Waals surface area contributed by atoms with Crippen LogP contribution in [0.15, 0.2) is 82.3 Å². The lowest BCUT2D eigenvalue weighted by Gasteiger charge is -2.07. The van der Waals surface area contributed by atoms with E-state index in [4.69, 9.17) is 13.9 Å². The highest BCUT2D eigenvalue weighted by Crippen LogP contribution is 2.28. The van der Waals surface area contributed by atoms with Crippen molar-refractivity contribution in [3.8, 4) is 28.6 Å². The summed E-state index contributed by atoms with van der Waals surface area (Å²) in [4.78, 5) is 27.8. The second-order valence-electron chi connectivity index (χ2n) is 6.68. The number of nitrogens with one attached hydrogen (secondary N) is 1. The monoisotopic (exact) mass is 416 g/mol. The zero-order valence-electron chi connectivity index (χ0n) is 17.0. The lowest BCUT2D eigenvalue weighted by Crippen LogP contribution is -2.14. The third-order valence-corrected chi connectivity index (χ3v) is 4.75. The van der Waals surface area contributed by atoms with Gasteiger partial charge >= 0.3 is 5.69 Å². The summed E-state index contributed by atoms with van der Waals surface area (Å²) < 4.78 is 17.3. The number of ketones is 1. The Morgan fingerprint density at radius 1 is 1.03 bits per heavy atom. The van der Waals surface area contributed by atoms with Crippen molar-refractivity contribution in [3.63, 3.8) is 0 Å². The van der Waals surface area contributed by atoms with E-state index in [9.17, 15) is 9.59 Å². The van der Waals surface area contributed by atoms with Gasteiger partial charge in [-0.3, -0.25) is 9.36 Å². The van der Waals surface area contributed by atoms with E-state index in [0.29, 0.717) is 34.2 Å². The largest absolute Gasteiger partial charge is 0.493 e. The first kappa shape index (κ1) is 20.0. The quantitative estimate of drug-likeness (QED) is 0.358. The summed E-state index contributed by atoms with van der Waals surface area (Å²) in [5, 5.41) is 0. The van der Waals surface area contributed by atoms with Crippen molar-refractivity contribution in [2.75, 3.05) is 14.2 Å². The molecule has 0 saturated carbocycles. The molecule has 7 nitrogen and oxygen atoms in total. The molecular weight excluding hydrogens is 396 g/mol. The van der Waals surface area contributed by atoms with Crippen LogP contribution in [0.4, 0.5) is 0 Å². The molecule has 0 bridgehead atoms. The second-order valence-corrected chi connectivity index (χ2v) is 6.68. The average molecular weight is 416 g/mol. The van der Waals surface area contributed by atoms with E-state index in [-0.39, 0.29) is 11.5 Å². The zero-order chi connectivity index (χ0) is 21.8. The van der Waals surface area contributed by atoms with Gasteiger partial charge in [-0.1, -0.05) is 24.3 Å². The third kappa shape index (κ3) is 4.20. The molecule has 31 heavy (non-hydrogen) atoms. The van der Waals surface area contributed by atoms with Gasteiger partial charge < -0.3 is 18.9 Å². The molecule has 156 valence electrons. The van der Waals surface area contributed by atoms with E-state index < -0.39 is 0 Å². The van der Waals surface area contributed by atoms with Crippen molar-refractivity contribution in [1.82, 2.24) is 9.55 Å². The number of ether oxygens (including phenoxy) is 2. The molecule has 0 atom stereocenters. The molecular formula is C24H20N2O5.